The maximum absolute atomic E-state index is 11.0. The van der Waals surface area contributed by atoms with E-state index in [1.165, 1.54) is 18.2 Å². The van der Waals surface area contributed by atoms with Gasteiger partial charge >= 0.3 is 11.7 Å². The van der Waals surface area contributed by atoms with Crippen molar-refractivity contribution in [1.29, 1.82) is 5.26 Å². The highest BCUT2D eigenvalue weighted by Crippen LogP contribution is 2.26. The number of nitriles is 1. The number of nitro groups is 1. The molecule has 2 aromatic rings. The maximum atomic E-state index is 11.0. The highest BCUT2D eigenvalue weighted by atomic mass is 16.6. The van der Waals surface area contributed by atoms with Gasteiger partial charge in [-0.1, -0.05) is 6.07 Å². The van der Waals surface area contributed by atoms with Crippen LogP contribution in [-0.2, 0) is 0 Å². The molecule has 8 nitrogen and oxygen atoms in total. The standard InChI is InChI=1S/C11H6N4O4/c12-4-7-2-1-3-9(10(7)15(18)19)14-6-8(5-13-14)11(16)17/h1-3,5-6H,(H,16,17). The Balaban J connectivity index is 2.65. The van der Waals surface area contributed by atoms with E-state index in [0.717, 1.165) is 17.1 Å². The second kappa shape index (κ2) is 4.58. The van der Waals surface area contributed by atoms with Gasteiger partial charge < -0.3 is 5.11 Å². The van der Waals surface area contributed by atoms with Gasteiger partial charge in [0.25, 0.3) is 0 Å². The van der Waals surface area contributed by atoms with Crippen molar-refractivity contribution in [3.05, 3.63) is 51.8 Å². The van der Waals surface area contributed by atoms with Crippen LogP contribution in [0.1, 0.15) is 15.9 Å². The highest BCUT2D eigenvalue weighted by Gasteiger charge is 2.22. The molecule has 8 heteroatoms. The van der Waals surface area contributed by atoms with Crippen molar-refractivity contribution in [1.82, 2.24) is 9.78 Å². The fourth-order valence-corrected chi connectivity index (χ4v) is 1.56. The van der Waals surface area contributed by atoms with Crippen molar-refractivity contribution in [3.8, 4) is 11.8 Å². The van der Waals surface area contributed by atoms with Crippen LogP contribution in [0, 0.1) is 21.4 Å². The van der Waals surface area contributed by atoms with Gasteiger partial charge in [0.1, 0.15) is 17.3 Å². The average Bonchev–Trinajstić information content (AvgIpc) is 2.87. The summed E-state index contributed by atoms with van der Waals surface area (Å²) in [6.45, 7) is 0. The van der Waals surface area contributed by atoms with Crippen LogP contribution in [0.2, 0.25) is 0 Å². The number of carboxylic acids is 1. The predicted molar refractivity (Wildman–Crippen MR) is 61.9 cm³/mol. The second-order valence-corrected chi connectivity index (χ2v) is 3.52. The van der Waals surface area contributed by atoms with E-state index in [1.54, 1.807) is 6.07 Å². The Morgan fingerprint density at radius 3 is 2.79 bits per heavy atom. The Hall–Kier alpha value is -3.21. The van der Waals surface area contributed by atoms with Gasteiger partial charge in [-0.2, -0.15) is 10.4 Å². The summed E-state index contributed by atoms with van der Waals surface area (Å²) >= 11 is 0. The molecule has 0 aliphatic heterocycles. The second-order valence-electron chi connectivity index (χ2n) is 3.52. The van der Waals surface area contributed by atoms with E-state index < -0.39 is 16.6 Å². The summed E-state index contributed by atoms with van der Waals surface area (Å²) in [5.41, 5.74) is -0.590. The van der Waals surface area contributed by atoms with Crippen LogP contribution in [-0.4, -0.2) is 25.8 Å². The SMILES string of the molecule is N#Cc1cccc(-n2cc(C(=O)O)cn2)c1[N+](=O)[O-]. The van der Waals surface area contributed by atoms with Crippen LogP contribution in [0.25, 0.3) is 5.69 Å². The largest absolute Gasteiger partial charge is 0.478 e. The lowest BCUT2D eigenvalue weighted by atomic mass is 10.1. The van der Waals surface area contributed by atoms with Crippen molar-refractivity contribution in [2.24, 2.45) is 0 Å². The van der Waals surface area contributed by atoms with Crippen molar-refractivity contribution in [2.75, 3.05) is 0 Å². The smallest absolute Gasteiger partial charge is 0.338 e. The molecule has 1 aromatic carbocycles. The molecule has 1 heterocycles. The van der Waals surface area contributed by atoms with Gasteiger partial charge in [0, 0.05) is 6.20 Å². The Bertz CT molecular complexity index is 714. The van der Waals surface area contributed by atoms with E-state index in [1.807, 2.05) is 0 Å². The Morgan fingerprint density at radius 2 is 2.26 bits per heavy atom. The third-order valence-electron chi connectivity index (χ3n) is 2.39. The highest BCUT2D eigenvalue weighted by molar-refractivity contribution is 5.87. The van der Waals surface area contributed by atoms with E-state index in [0.29, 0.717) is 0 Å². The van der Waals surface area contributed by atoms with Gasteiger partial charge in [-0.05, 0) is 12.1 Å². The summed E-state index contributed by atoms with van der Waals surface area (Å²) in [6, 6.07) is 5.87. The summed E-state index contributed by atoms with van der Waals surface area (Å²) in [5.74, 6) is -1.19. The zero-order valence-electron chi connectivity index (χ0n) is 9.35. The molecule has 0 radical (unpaired) electrons. The topological polar surface area (TPSA) is 122 Å². The summed E-state index contributed by atoms with van der Waals surface area (Å²) in [5, 5.41) is 32.4. The van der Waals surface area contributed by atoms with E-state index >= 15 is 0 Å². The molecule has 0 fully saturated rings. The van der Waals surface area contributed by atoms with Crippen molar-refractivity contribution < 1.29 is 14.8 Å². The van der Waals surface area contributed by atoms with Gasteiger partial charge in [0.05, 0.1) is 16.7 Å². The maximum Gasteiger partial charge on any atom is 0.338 e. The number of nitrogens with zero attached hydrogens (tertiary/aromatic N) is 4. The lowest BCUT2D eigenvalue weighted by molar-refractivity contribution is -0.384. The van der Waals surface area contributed by atoms with Crippen LogP contribution in [0.15, 0.2) is 30.6 Å². The molecular weight excluding hydrogens is 252 g/mol. The lowest BCUT2D eigenvalue weighted by Gasteiger charge is -2.03. The van der Waals surface area contributed by atoms with Crippen molar-refractivity contribution >= 4 is 11.7 Å². The first-order valence-corrected chi connectivity index (χ1v) is 5.00. The van der Waals surface area contributed by atoms with E-state index in [9.17, 15) is 14.9 Å². The molecule has 0 spiro atoms. The van der Waals surface area contributed by atoms with E-state index in [2.05, 4.69) is 5.10 Å². The predicted octanol–water partition coefficient (Wildman–Crippen LogP) is 1.35. The minimum atomic E-state index is -1.19. The lowest BCUT2D eigenvalue weighted by Crippen LogP contribution is -2.03. The average molecular weight is 258 g/mol. The van der Waals surface area contributed by atoms with Gasteiger partial charge in [-0.25, -0.2) is 9.48 Å². The van der Waals surface area contributed by atoms with Gasteiger partial charge in [0.15, 0.2) is 0 Å². The molecule has 0 saturated heterocycles. The first-order valence-electron chi connectivity index (χ1n) is 5.00. The van der Waals surface area contributed by atoms with Crippen LogP contribution in [0.4, 0.5) is 5.69 Å². The third-order valence-corrected chi connectivity index (χ3v) is 2.39. The number of rotatable bonds is 3. The molecule has 0 bridgehead atoms. The van der Waals surface area contributed by atoms with Crippen LogP contribution >= 0.6 is 0 Å². The van der Waals surface area contributed by atoms with Crippen LogP contribution < -0.4 is 0 Å². The van der Waals surface area contributed by atoms with Gasteiger partial charge in [-0.3, -0.25) is 10.1 Å². The Morgan fingerprint density at radius 1 is 1.53 bits per heavy atom. The number of carbonyl (C=O) groups is 1. The number of hydrogen-bond donors (Lipinski definition) is 1. The Kier molecular flexibility index (Phi) is 2.95. The molecule has 0 unspecified atom stereocenters. The zero-order chi connectivity index (χ0) is 14.0. The number of aromatic nitrogens is 2. The zero-order valence-corrected chi connectivity index (χ0v) is 9.35. The molecule has 0 aliphatic rings. The first-order chi connectivity index (χ1) is 9.04. The van der Waals surface area contributed by atoms with Crippen LogP contribution in [0.3, 0.4) is 0 Å². The summed E-state index contributed by atoms with van der Waals surface area (Å²) in [4.78, 5) is 21.1. The number of aromatic carboxylic acids is 1. The summed E-state index contributed by atoms with van der Waals surface area (Å²) in [7, 11) is 0. The normalized spacial score (nSPS) is 9.84. The number of carboxylic acid groups (broad SMARTS) is 1. The number of nitro benzene ring substituents is 1. The van der Waals surface area contributed by atoms with Gasteiger partial charge in [-0.15, -0.1) is 0 Å². The first kappa shape index (κ1) is 12.3. The minimum Gasteiger partial charge on any atom is -0.478 e. The van der Waals surface area contributed by atoms with Gasteiger partial charge in [0.2, 0.25) is 0 Å². The van der Waals surface area contributed by atoms with Crippen LogP contribution in [0.5, 0.6) is 0 Å². The Labute approximate surface area is 106 Å². The molecule has 0 aliphatic carbocycles. The minimum absolute atomic E-state index is 0.0385. The fraction of sp³-hybridized carbons (Fsp3) is 0. The molecule has 19 heavy (non-hydrogen) atoms. The third kappa shape index (κ3) is 2.12. The molecule has 0 amide bonds. The number of benzene rings is 1. The quantitative estimate of drug-likeness (QED) is 0.654. The summed E-state index contributed by atoms with van der Waals surface area (Å²) < 4.78 is 1.06. The molecule has 1 aromatic heterocycles. The number of para-hydroxylation sites is 1. The molecule has 94 valence electrons. The van der Waals surface area contributed by atoms with Crippen molar-refractivity contribution in [2.45, 2.75) is 0 Å². The molecule has 1 N–H and O–H groups in total. The molecule has 0 saturated carbocycles. The molecular formula is C11H6N4O4. The van der Waals surface area contributed by atoms with E-state index in [4.69, 9.17) is 10.4 Å². The van der Waals surface area contributed by atoms with Crippen molar-refractivity contribution in [3.63, 3.8) is 0 Å². The molecule has 2 rings (SSSR count). The monoisotopic (exact) mass is 258 g/mol. The fourth-order valence-electron chi connectivity index (χ4n) is 1.56. The molecule has 0 atom stereocenters. The van der Waals surface area contributed by atoms with E-state index in [-0.39, 0.29) is 16.8 Å². The summed E-state index contributed by atoms with van der Waals surface area (Å²) in [6.07, 6.45) is 2.22. The number of hydrogen-bond acceptors (Lipinski definition) is 5.